The summed E-state index contributed by atoms with van der Waals surface area (Å²) in [6.07, 6.45) is 1.47. The Hall–Kier alpha value is -1.15. The second-order valence-electron chi connectivity index (χ2n) is 5.10. The summed E-state index contributed by atoms with van der Waals surface area (Å²) in [6.45, 7) is 0.828. The van der Waals surface area contributed by atoms with Crippen LogP contribution in [0.15, 0.2) is 23.1 Å². The summed E-state index contributed by atoms with van der Waals surface area (Å²) in [5.41, 5.74) is -0.0364. The van der Waals surface area contributed by atoms with Gasteiger partial charge in [-0.1, -0.05) is 11.6 Å². The van der Waals surface area contributed by atoms with Crippen molar-refractivity contribution in [2.45, 2.75) is 23.8 Å². The molecule has 0 spiro atoms. The van der Waals surface area contributed by atoms with Crippen LogP contribution in [-0.4, -0.2) is 52.0 Å². The third kappa shape index (κ3) is 3.43. The first-order valence-electron chi connectivity index (χ1n) is 6.95. The minimum atomic E-state index is -3.75. The Balaban J connectivity index is 2.36. The Morgan fingerprint density at radius 2 is 2.00 bits per heavy atom. The second kappa shape index (κ2) is 6.95. The van der Waals surface area contributed by atoms with Gasteiger partial charge in [-0.15, -0.1) is 0 Å². The van der Waals surface area contributed by atoms with Crippen LogP contribution in [0.1, 0.15) is 23.2 Å². The van der Waals surface area contributed by atoms with Gasteiger partial charge >= 0.3 is 5.97 Å². The lowest BCUT2D eigenvalue weighted by Crippen LogP contribution is -2.44. The number of hydrogen-bond donors (Lipinski definition) is 1. The predicted molar refractivity (Wildman–Crippen MR) is 83.6 cm³/mol. The maximum Gasteiger partial charge on any atom is 0.339 e. The quantitative estimate of drug-likeness (QED) is 0.836. The average molecular weight is 347 g/mol. The Morgan fingerprint density at radius 3 is 2.55 bits per heavy atom. The highest BCUT2D eigenvalue weighted by Crippen LogP contribution is 2.26. The molecular weight excluding hydrogens is 328 g/mol. The first-order valence-corrected chi connectivity index (χ1v) is 8.77. The van der Waals surface area contributed by atoms with E-state index in [0.717, 1.165) is 12.8 Å². The normalized spacial score (nSPS) is 17.4. The van der Waals surface area contributed by atoms with Gasteiger partial charge in [0.05, 0.1) is 17.6 Å². The summed E-state index contributed by atoms with van der Waals surface area (Å²) in [4.78, 5) is 11.8. The van der Waals surface area contributed by atoms with E-state index in [9.17, 15) is 13.2 Å². The molecule has 8 heteroatoms. The molecule has 0 aliphatic carbocycles. The van der Waals surface area contributed by atoms with Crippen LogP contribution in [0.2, 0.25) is 5.02 Å². The van der Waals surface area contributed by atoms with Gasteiger partial charge in [0.2, 0.25) is 10.0 Å². The zero-order chi connectivity index (χ0) is 16.3. The van der Waals surface area contributed by atoms with Crippen LogP contribution in [0.25, 0.3) is 0 Å². The van der Waals surface area contributed by atoms with Crippen LogP contribution in [0.4, 0.5) is 0 Å². The summed E-state index contributed by atoms with van der Waals surface area (Å²) in [5, 5.41) is 3.43. The Morgan fingerprint density at radius 1 is 1.36 bits per heavy atom. The number of carbonyl (C=O) groups is 1. The Labute approximate surface area is 135 Å². The molecule has 1 saturated heterocycles. The highest BCUT2D eigenvalue weighted by Gasteiger charge is 2.32. The zero-order valence-corrected chi connectivity index (χ0v) is 14.1. The van der Waals surface area contributed by atoms with E-state index in [1.54, 1.807) is 0 Å². The van der Waals surface area contributed by atoms with Gasteiger partial charge in [-0.3, -0.25) is 0 Å². The molecule has 0 saturated carbocycles. The molecule has 0 aromatic heterocycles. The number of hydrogen-bond acceptors (Lipinski definition) is 5. The van der Waals surface area contributed by atoms with Crippen molar-refractivity contribution in [3.05, 3.63) is 28.8 Å². The monoisotopic (exact) mass is 346 g/mol. The molecule has 0 bridgehead atoms. The number of carbonyl (C=O) groups excluding carboxylic acids is 1. The summed E-state index contributed by atoms with van der Waals surface area (Å²) in [5.74, 6) is -0.716. The van der Waals surface area contributed by atoms with E-state index in [2.05, 4.69) is 10.1 Å². The van der Waals surface area contributed by atoms with Crippen molar-refractivity contribution in [1.82, 2.24) is 9.62 Å². The van der Waals surface area contributed by atoms with Gasteiger partial charge in [0.1, 0.15) is 0 Å². The van der Waals surface area contributed by atoms with Crippen molar-refractivity contribution >= 4 is 27.6 Å². The van der Waals surface area contributed by atoms with Crippen LogP contribution >= 0.6 is 11.6 Å². The largest absolute Gasteiger partial charge is 0.465 e. The molecule has 0 radical (unpaired) electrons. The molecule has 1 aromatic carbocycles. The van der Waals surface area contributed by atoms with E-state index in [1.165, 1.54) is 29.6 Å². The molecule has 1 aliphatic heterocycles. The lowest BCUT2D eigenvalue weighted by molar-refractivity contribution is 0.0596. The standard InChI is InChI=1S/C14H19ClN2O4S/c1-16-11-5-7-17(8-6-11)22(19,20)13-4-3-10(15)9-12(13)14(18)21-2/h3-4,9,11,16H,5-8H2,1-2H3. The zero-order valence-electron chi connectivity index (χ0n) is 12.5. The van der Waals surface area contributed by atoms with Crippen molar-refractivity contribution in [2.75, 3.05) is 27.2 Å². The molecule has 2 rings (SSSR count). The topological polar surface area (TPSA) is 75.7 Å². The molecule has 1 aliphatic rings. The van der Waals surface area contributed by atoms with Crippen LogP contribution in [0.3, 0.4) is 0 Å². The number of ether oxygens (including phenoxy) is 1. The summed E-state index contributed by atoms with van der Waals surface area (Å²) in [6, 6.07) is 4.45. The number of esters is 1. The van der Waals surface area contributed by atoms with Gasteiger partial charge in [0.25, 0.3) is 0 Å². The van der Waals surface area contributed by atoms with Crippen molar-refractivity contribution in [3.8, 4) is 0 Å². The number of sulfonamides is 1. The van der Waals surface area contributed by atoms with E-state index >= 15 is 0 Å². The molecule has 1 N–H and O–H groups in total. The Kier molecular flexibility index (Phi) is 5.44. The molecule has 0 amide bonds. The van der Waals surface area contributed by atoms with Crippen LogP contribution in [0.5, 0.6) is 0 Å². The van der Waals surface area contributed by atoms with Gasteiger partial charge < -0.3 is 10.1 Å². The second-order valence-corrected chi connectivity index (χ2v) is 7.44. The van der Waals surface area contributed by atoms with Crippen molar-refractivity contribution in [2.24, 2.45) is 0 Å². The van der Waals surface area contributed by atoms with Gasteiger partial charge in [-0.2, -0.15) is 4.31 Å². The molecule has 0 atom stereocenters. The third-order valence-electron chi connectivity index (χ3n) is 3.83. The first kappa shape index (κ1) is 17.2. The Bertz CT molecular complexity index is 655. The summed E-state index contributed by atoms with van der Waals surface area (Å²) < 4.78 is 31.6. The van der Waals surface area contributed by atoms with Gasteiger partial charge in [0.15, 0.2) is 0 Å². The minimum Gasteiger partial charge on any atom is -0.465 e. The number of nitrogens with zero attached hydrogens (tertiary/aromatic N) is 1. The van der Waals surface area contributed by atoms with E-state index in [0.29, 0.717) is 19.1 Å². The van der Waals surface area contributed by atoms with Gasteiger partial charge in [0, 0.05) is 24.2 Å². The molecule has 122 valence electrons. The van der Waals surface area contributed by atoms with E-state index in [4.69, 9.17) is 11.6 Å². The number of piperidine rings is 1. The summed E-state index contributed by atoms with van der Waals surface area (Å²) in [7, 11) is -0.679. The van der Waals surface area contributed by atoms with Crippen LogP contribution in [0, 0.1) is 0 Å². The predicted octanol–water partition coefficient (Wildman–Crippen LogP) is 1.50. The molecular formula is C14H19ClN2O4S. The maximum absolute atomic E-state index is 12.8. The fourth-order valence-electron chi connectivity index (χ4n) is 2.52. The van der Waals surface area contributed by atoms with E-state index in [-0.39, 0.29) is 15.5 Å². The lowest BCUT2D eigenvalue weighted by atomic mass is 10.1. The van der Waals surface area contributed by atoms with Crippen molar-refractivity contribution in [3.63, 3.8) is 0 Å². The SMILES string of the molecule is CNC1CCN(S(=O)(=O)c2ccc(Cl)cc2C(=O)OC)CC1. The highest BCUT2D eigenvalue weighted by molar-refractivity contribution is 7.89. The smallest absolute Gasteiger partial charge is 0.339 e. The molecule has 22 heavy (non-hydrogen) atoms. The van der Waals surface area contributed by atoms with Crippen molar-refractivity contribution in [1.29, 1.82) is 0 Å². The van der Waals surface area contributed by atoms with E-state index in [1.807, 2.05) is 7.05 Å². The number of nitrogens with one attached hydrogen (secondary N) is 1. The van der Waals surface area contributed by atoms with Crippen LogP contribution < -0.4 is 5.32 Å². The molecule has 1 fully saturated rings. The number of rotatable bonds is 4. The molecule has 1 aromatic rings. The van der Waals surface area contributed by atoms with Gasteiger partial charge in [-0.25, -0.2) is 13.2 Å². The molecule has 0 unspecified atom stereocenters. The average Bonchev–Trinajstić information content (AvgIpc) is 2.53. The van der Waals surface area contributed by atoms with E-state index < -0.39 is 16.0 Å². The molecule has 1 heterocycles. The number of methoxy groups -OCH3 is 1. The maximum atomic E-state index is 12.8. The number of benzene rings is 1. The first-order chi connectivity index (χ1) is 10.4. The fourth-order valence-corrected chi connectivity index (χ4v) is 4.32. The summed E-state index contributed by atoms with van der Waals surface area (Å²) >= 11 is 5.87. The minimum absolute atomic E-state index is 0.0364. The number of halogens is 1. The highest BCUT2D eigenvalue weighted by atomic mass is 35.5. The van der Waals surface area contributed by atoms with Crippen molar-refractivity contribution < 1.29 is 17.9 Å². The lowest BCUT2D eigenvalue weighted by Gasteiger charge is -2.31. The molecule has 6 nitrogen and oxygen atoms in total. The third-order valence-corrected chi connectivity index (χ3v) is 6.02. The van der Waals surface area contributed by atoms with Crippen LogP contribution in [-0.2, 0) is 14.8 Å². The van der Waals surface area contributed by atoms with Gasteiger partial charge in [-0.05, 0) is 38.1 Å². The fraction of sp³-hybridized carbons (Fsp3) is 0.500.